The van der Waals surface area contributed by atoms with Gasteiger partial charge in [-0.15, -0.1) is 0 Å². The first-order valence-electron chi connectivity index (χ1n) is 3.34. The molecule has 0 fully saturated rings. The molecule has 3 nitrogen and oxygen atoms in total. The number of halogens is 2. The van der Waals surface area contributed by atoms with E-state index in [0.717, 1.165) is 12.1 Å². The molecule has 13 heavy (non-hydrogen) atoms. The molecule has 0 unspecified atom stereocenters. The van der Waals surface area contributed by atoms with Crippen LogP contribution in [0.3, 0.4) is 0 Å². The number of aldehydes is 1. The number of carbonyl (C=O) groups is 2. The first-order chi connectivity index (χ1) is 6.20. The summed E-state index contributed by atoms with van der Waals surface area (Å²) in [6.45, 7) is 0. The lowest BCUT2D eigenvalue weighted by Crippen LogP contribution is -2.03. The van der Waals surface area contributed by atoms with E-state index in [1.165, 1.54) is 0 Å². The molecule has 1 rings (SSSR count). The molecule has 0 radical (unpaired) electrons. The zero-order valence-electron chi connectivity index (χ0n) is 6.38. The quantitative estimate of drug-likeness (QED) is 0.722. The molecule has 1 amide bonds. The molecule has 0 saturated heterocycles. The van der Waals surface area contributed by atoms with Crippen molar-refractivity contribution in [2.24, 2.45) is 0 Å². The van der Waals surface area contributed by atoms with Crippen LogP contribution < -0.4 is 5.32 Å². The molecule has 0 aliphatic rings. The van der Waals surface area contributed by atoms with Crippen LogP contribution in [0, 0.1) is 11.6 Å². The number of benzene rings is 1. The van der Waals surface area contributed by atoms with Crippen LogP contribution in [0.5, 0.6) is 0 Å². The Morgan fingerprint density at radius 2 is 1.92 bits per heavy atom. The van der Waals surface area contributed by atoms with Gasteiger partial charge in [0.05, 0.1) is 5.69 Å². The van der Waals surface area contributed by atoms with E-state index in [1.54, 1.807) is 0 Å². The van der Waals surface area contributed by atoms with Crippen LogP contribution in [0.4, 0.5) is 14.5 Å². The average molecular weight is 185 g/mol. The molecule has 1 aromatic rings. The van der Waals surface area contributed by atoms with Crippen molar-refractivity contribution in [3.05, 3.63) is 29.3 Å². The van der Waals surface area contributed by atoms with Crippen molar-refractivity contribution < 1.29 is 18.4 Å². The van der Waals surface area contributed by atoms with Crippen LogP contribution >= 0.6 is 0 Å². The van der Waals surface area contributed by atoms with E-state index in [1.807, 2.05) is 5.32 Å². The Morgan fingerprint density at radius 1 is 1.23 bits per heavy atom. The average Bonchev–Trinajstić information content (AvgIpc) is 2.14. The summed E-state index contributed by atoms with van der Waals surface area (Å²) < 4.78 is 25.5. The highest BCUT2D eigenvalue weighted by molar-refractivity contribution is 5.88. The maximum Gasteiger partial charge on any atom is 0.211 e. The Labute approximate surface area is 72.4 Å². The minimum atomic E-state index is -1.24. The third-order valence-corrected chi connectivity index (χ3v) is 1.46. The minimum absolute atomic E-state index is 0.106. The summed E-state index contributed by atoms with van der Waals surface area (Å²) in [6, 6.07) is 1.90. The van der Waals surface area contributed by atoms with Crippen molar-refractivity contribution in [2.75, 3.05) is 5.32 Å². The summed E-state index contributed by atoms with van der Waals surface area (Å²) in [6.07, 6.45) is 0.499. The minimum Gasteiger partial charge on any atom is -0.326 e. The van der Waals surface area contributed by atoms with E-state index in [4.69, 9.17) is 0 Å². The molecular formula is C8H5F2NO2. The van der Waals surface area contributed by atoms with Gasteiger partial charge in [0, 0.05) is 5.56 Å². The van der Waals surface area contributed by atoms with Gasteiger partial charge in [-0.3, -0.25) is 9.59 Å². The Morgan fingerprint density at radius 3 is 2.46 bits per heavy atom. The molecule has 0 aliphatic heterocycles. The summed E-state index contributed by atoms with van der Waals surface area (Å²) in [7, 11) is 0. The monoisotopic (exact) mass is 185 g/mol. The molecular weight excluding hydrogens is 180 g/mol. The molecule has 5 heteroatoms. The molecule has 0 aromatic heterocycles. The van der Waals surface area contributed by atoms with Gasteiger partial charge < -0.3 is 5.32 Å². The molecule has 1 aromatic carbocycles. The van der Waals surface area contributed by atoms with Crippen molar-refractivity contribution in [3.63, 3.8) is 0 Å². The summed E-state index contributed by atoms with van der Waals surface area (Å²) in [5, 5.41) is 1.91. The number of rotatable bonds is 3. The predicted octanol–water partition coefficient (Wildman–Crippen LogP) is 1.35. The molecule has 68 valence electrons. The Hall–Kier alpha value is -1.78. The normalized spacial score (nSPS) is 9.38. The number of anilines is 1. The third-order valence-electron chi connectivity index (χ3n) is 1.46. The maximum absolute atomic E-state index is 12.9. The fourth-order valence-electron chi connectivity index (χ4n) is 0.869. The second kappa shape index (κ2) is 3.75. The van der Waals surface area contributed by atoms with Gasteiger partial charge in [-0.1, -0.05) is 0 Å². The summed E-state index contributed by atoms with van der Waals surface area (Å²) in [5.74, 6) is -2.35. The molecule has 1 N–H and O–H groups in total. The van der Waals surface area contributed by atoms with E-state index in [-0.39, 0.29) is 12.0 Å². The fourth-order valence-corrected chi connectivity index (χ4v) is 0.869. The molecule has 0 bridgehead atoms. The first-order valence-corrected chi connectivity index (χ1v) is 3.34. The highest BCUT2D eigenvalue weighted by Crippen LogP contribution is 2.20. The van der Waals surface area contributed by atoms with Gasteiger partial charge in [0.25, 0.3) is 0 Å². The van der Waals surface area contributed by atoms with Gasteiger partial charge in [-0.25, -0.2) is 8.78 Å². The van der Waals surface area contributed by atoms with Crippen molar-refractivity contribution in [1.82, 2.24) is 0 Å². The summed E-state index contributed by atoms with van der Waals surface area (Å²) in [5.41, 5.74) is -0.545. The van der Waals surface area contributed by atoms with Crippen molar-refractivity contribution in [2.45, 2.75) is 0 Å². The lowest BCUT2D eigenvalue weighted by Gasteiger charge is -2.04. The Bertz CT molecular complexity index is 352. The SMILES string of the molecule is O=CNc1c(C=O)ccc(F)c1F. The predicted molar refractivity (Wildman–Crippen MR) is 41.4 cm³/mol. The van der Waals surface area contributed by atoms with Gasteiger partial charge in [0.15, 0.2) is 17.9 Å². The maximum atomic E-state index is 12.9. The standard InChI is InChI=1S/C8H5F2NO2/c9-6-2-1-5(3-12)8(7(6)10)11-4-13/h1-4H,(H,11,13). The van der Waals surface area contributed by atoms with Crippen molar-refractivity contribution >= 4 is 18.4 Å². The third kappa shape index (κ3) is 1.69. The summed E-state index contributed by atoms with van der Waals surface area (Å²) >= 11 is 0. The molecule has 0 saturated carbocycles. The van der Waals surface area contributed by atoms with E-state index >= 15 is 0 Å². The summed E-state index contributed by atoms with van der Waals surface area (Å²) in [4.78, 5) is 20.3. The van der Waals surface area contributed by atoms with Crippen LogP contribution in [0.15, 0.2) is 12.1 Å². The zero-order chi connectivity index (χ0) is 9.84. The first kappa shape index (κ1) is 9.31. The van der Waals surface area contributed by atoms with Crippen LogP contribution in [-0.2, 0) is 4.79 Å². The van der Waals surface area contributed by atoms with E-state index < -0.39 is 17.3 Å². The zero-order valence-corrected chi connectivity index (χ0v) is 6.38. The van der Waals surface area contributed by atoms with Crippen molar-refractivity contribution in [3.8, 4) is 0 Å². The second-order valence-electron chi connectivity index (χ2n) is 2.21. The van der Waals surface area contributed by atoms with E-state index in [9.17, 15) is 18.4 Å². The highest BCUT2D eigenvalue weighted by Gasteiger charge is 2.11. The van der Waals surface area contributed by atoms with Gasteiger partial charge in [0.2, 0.25) is 6.41 Å². The molecule has 0 spiro atoms. The molecule has 0 aliphatic carbocycles. The fraction of sp³-hybridized carbons (Fsp3) is 0. The van der Waals surface area contributed by atoms with Crippen molar-refractivity contribution in [1.29, 1.82) is 0 Å². The number of hydrogen-bond donors (Lipinski definition) is 1. The lowest BCUT2D eigenvalue weighted by molar-refractivity contribution is -0.105. The number of hydrogen-bond acceptors (Lipinski definition) is 2. The Kier molecular flexibility index (Phi) is 2.69. The van der Waals surface area contributed by atoms with E-state index in [0.29, 0.717) is 6.29 Å². The van der Waals surface area contributed by atoms with Crippen LogP contribution in [0.2, 0.25) is 0 Å². The highest BCUT2D eigenvalue weighted by atomic mass is 19.2. The number of amides is 1. The van der Waals surface area contributed by atoms with Gasteiger partial charge in [0.1, 0.15) is 0 Å². The number of carbonyl (C=O) groups excluding carboxylic acids is 2. The van der Waals surface area contributed by atoms with E-state index in [2.05, 4.69) is 0 Å². The van der Waals surface area contributed by atoms with Gasteiger partial charge >= 0.3 is 0 Å². The number of nitrogens with one attached hydrogen (secondary N) is 1. The van der Waals surface area contributed by atoms with Crippen LogP contribution in [0.1, 0.15) is 10.4 Å². The van der Waals surface area contributed by atoms with Gasteiger partial charge in [-0.05, 0) is 12.1 Å². The topological polar surface area (TPSA) is 46.2 Å². The largest absolute Gasteiger partial charge is 0.326 e. The molecule has 0 atom stereocenters. The lowest BCUT2D eigenvalue weighted by atomic mass is 10.2. The van der Waals surface area contributed by atoms with Gasteiger partial charge in [-0.2, -0.15) is 0 Å². The Balaban J connectivity index is 3.31. The van der Waals surface area contributed by atoms with Crippen LogP contribution in [-0.4, -0.2) is 12.7 Å². The smallest absolute Gasteiger partial charge is 0.211 e. The second-order valence-corrected chi connectivity index (χ2v) is 2.21. The molecule has 0 heterocycles. The van der Waals surface area contributed by atoms with Crippen LogP contribution in [0.25, 0.3) is 0 Å².